The number of nitrogens with zero attached hydrogens (tertiary/aromatic N) is 4. The Kier molecular flexibility index (Phi) is 4.87. The van der Waals surface area contributed by atoms with E-state index in [1.165, 1.54) is 11.1 Å². The molecule has 0 N–H and O–H groups in total. The van der Waals surface area contributed by atoms with Gasteiger partial charge in [0, 0.05) is 22.1 Å². The molecule has 0 atom stereocenters. The molecule has 0 fully saturated rings. The molecule has 4 heterocycles. The average molecular weight is 537 g/mol. The van der Waals surface area contributed by atoms with E-state index in [1.54, 1.807) is 0 Å². The Labute approximate surface area is 241 Å². The summed E-state index contributed by atoms with van der Waals surface area (Å²) in [6.07, 6.45) is 0. The maximum Gasteiger partial charge on any atom is 0.0972 e. The molecule has 42 heavy (non-hydrogen) atoms. The molecule has 0 amide bonds. The number of fused-ring (bicyclic) bond motifs is 7. The summed E-state index contributed by atoms with van der Waals surface area (Å²) in [5, 5.41) is 2.26. The first-order chi connectivity index (χ1) is 20.8. The normalized spacial score (nSPS) is 11.8. The highest BCUT2D eigenvalue weighted by Gasteiger charge is 2.18. The SMILES string of the molecule is c1ccc(-c2ccc(-n3c4ccccc4c4nc5cc6c(nc5cc43)c3ccccc3n6-c3ccccc3)cc2)cc1. The Hall–Kier alpha value is -5.74. The predicted molar refractivity (Wildman–Crippen MR) is 174 cm³/mol. The number of rotatable bonds is 3. The number of aromatic nitrogens is 4. The second-order valence-corrected chi connectivity index (χ2v) is 10.7. The number of para-hydroxylation sites is 3. The van der Waals surface area contributed by atoms with Gasteiger partial charge in [0.15, 0.2) is 0 Å². The first-order valence-electron chi connectivity index (χ1n) is 14.2. The van der Waals surface area contributed by atoms with Crippen molar-refractivity contribution in [1.29, 1.82) is 0 Å². The molecule has 4 nitrogen and oxygen atoms in total. The van der Waals surface area contributed by atoms with Crippen LogP contribution in [-0.2, 0) is 0 Å². The predicted octanol–water partition coefficient (Wildman–Crippen LogP) is 9.49. The van der Waals surface area contributed by atoms with Crippen LogP contribution in [-0.4, -0.2) is 19.1 Å². The van der Waals surface area contributed by atoms with E-state index in [-0.39, 0.29) is 0 Å². The van der Waals surface area contributed by atoms with E-state index in [0.717, 1.165) is 66.3 Å². The van der Waals surface area contributed by atoms with E-state index < -0.39 is 0 Å². The van der Waals surface area contributed by atoms with Crippen LogP contribution in [0.3, 0.4) is 0 Å². The van der Waals surface area contributed by atoms with Crippen molar-refractivity contribution in [3.05, 3.63) is 146 Å². The van der Waals surface area contributed by atoms with Gasteiger partial charge in [-0.25, -0.2) is 9.97 Å². The van der Waals surface area contributed by atoms with E-state index in [1.807, 2.05) is 6.07 Å². The van der Waals surface area contributed by atoms with Crippen molar-refractivity contribution in [2.24, 2.45) is 0 Å². The van der Waals surface area contributed by atoms with E-state index in [4.69, 9.17) is 9.97 Å². The summed E-state index contributed by atoms with van der Waals surface area (Å²) in [6.45, 7) is 0. The van der Waals surface area contributed by atoms with Gasteiger partial charge in [0.2, 0.25) is 0 Å². The molecule has 0 saturated heterocycles. The minimum absolute atomic E-state index is 0.885. The lowest BCUT2D eigenvalue weighted by molar-refractivity contribution is 1.17. The lowest BCUT2D eigenvalue weighted by atomic mass is 10.1. The molecule has 0 spiro atoms. The molecule has 5 aromatic carbocycles. The molecule has 0 radical (unpaired) electrons. The summed E-state index contributed by atoms with van der Waals surface area (Å²) in [6, 6.07) is 51.2. The summed E-state index contributed by atoms with van der Waals surface area (Å²) in [7, 11) is 0. The molecule has 196 valence electrons. The third kappa shape index (κ3) is 3.36. The Morgan fingerprint density at radius 1 is 0.357 bits per heavy atom. The van der Waals surface area contributed by atoms with E-state index in [9.17, 15) is 0 Å². The van der Waals surface area contributed by atoms with E-state index >= 15 is 0 Å². The minimum Gasteiger partial charge on any atom is -0.308 e. The van der Waals surface area contributed by atoms with Crippen LogP contribution in [0.4, 0.5) is 0 Å². The number of pyridine rings is 2. The van der Waals surface area contributed by atoms with Crippen LogP contribution in [0.1, 0.15) is 0 Å². The Balaban J connectivity index is 1.32. The highest BCUT2D eigenvalue weighted by molar-refractivity contribution is 6.13. The summed E-state index contributed by atoms with van der Waals surface area (Å²) in [5.74, 6) is 0. The van der Waals surface area contributed by atoms with Crippen LogP contribution < -0.4 is 0 Å². The van der Waals surface area contributed by atoms with Crippen molar-refractivity contribution in [1.82, 2.24) is 19.1 Å². The first kappa shape index (κ1) is 23.0. The summed E-state index contributed by atoms with van der Waals surface area (Å²) >= 11 is 0. The van der Waals surface area contributed by atoms with Gasteiger partial charge in [0.1, 0.15) is 0 Å². The Bertz CT molecular complexity index is 2430. The summed E-state index contributed by atoms with van der Waals surface area (Å²) < 4.78 is 4.60. The maximum absolute atomic E-state index is 5.28. The van der Waals surface area contributed by atoms with Crippen LogP contribution in [0.2, 0.25) is 0 Å². The topological polar surface area (TPSA) is 35.6 Å². The zero-order chi connectivity index (χ0) is 27.6. The molecule has 0 bridgehead atoms. The molecule has 9 rings (SSSR count). The fraction of sp³-hybridized carbons (Fsp3) is 0. The molecular formula is C38H24N4. The fourth-order valence-corrected chi connectivity index (χ4v) is 6.38. The molecule has 9 aromatic rings. The maximum atomic E-state index is 5.28. The zero-order valence-corrected chi connectivity index (χ0v) is 22.6. The standard InChI is InChI=1S/C38H24N4/c1-3-11-25(12-4-1)26-19-21-28(22-20-26)42-34-18-10-8-16-30(34)38-36(42)24-32-31(40-38)23-35-37(39-32)29-15-7-9-17-33(29)41(35)27-13-5-2-6-14-27/h1-24H. The Morgan fingerprint density at radius 2 is 0.786 bits per heavy atom. The zero-order valence-electron chi connectivity index (χ0n) is 22.6. The molecule has 0 aliphatic heterocycles. The van der Waals surface area contributed by atoms with Crippen molar-refractivity contribution in [2.75, 3.05) is 0 Å². The van der Waals surface area contributed by atoms with E-state index in [2.05, 4.69) is 149 Å². The van der Waals surface area contributed by atoms with Crippen LogP contribution in [0.15, 0.2) is 146 Å². The number of hydrogen-bond acceptors (Lipinski definition) is 2. The molecular weight excluding hydrogens is 512 g/mol. The lowest BCUT2D eigenvalue weighted by Crippen LogP contribution is -1.96. The number of hydrogen-bond donors (Lipinski definition) is 0. The quantitative estimate of drug-likeness (QED) is 0.225. The Morgan fingerprint density at radius 3 is 1.33 bits per heavy atom. The smallest absolute Gasteiger partial charge is 0.0972 e. The molecule has 4 aromatic heterocycles. The van der Waals surface area contributed by atoms with Crippen LogP contribution in [0, 0.1) is 0 Å². The van der Waals surface area contributed by atoms with Gasteiger partial charge in [-0.1, -0.05) is 97.1 Å². The van der Waals surface area contributed by atoms with Gasteiger partial charge in [-0.15, -0.1) is 0 Å². The molecule has 0 aliphatic carbocycles. The van der Waals surface area contributed by atoms with Gasteiger partial charge in [-0.3, -0.25) is 0 Å². The van der Waals surface area contributed by atoms with Gasteiger partial charge in [0.25, 0.3) is 0 Å². The van der Waals surface area contributed by atoms with Crippen molar-refractivity contribution in [3.63, 3.8) is 0 Å². The summed E-state index contributed by atoms with van der Waals surface area (Å²) in [4.78, 5) is 10.5. The van der Waals surface area contributed by atoms with Crippen molar-refractivity contribution in [2.45, 2.75) is 0 Å². The minimum atomic E-state index is 0.885. The third-order valence-electron chi connectivity index (χ3n) is 8.29. The monoisotopic (exact) mass is 536 g/mol. The lowest BCUT2D eigenvalue weighted by Gasteiger charge is -2.10. The molecule has 0 saturated carbocycles. The van der Waals surface area contributed by atoms with Gasteiger partial charge in [-0.05, 0) is 59.7 Å². The van der Waals surface area contributed by atoms with Crippen molar-refractivity contribution >= 4 is 54.9 Å². The van der Waals surface area contributed by atoms with Crippen molar-refractivity contribution in [3.8, 4) is 22.5 Å². The third-order valence-corrected chi connectivity index (χ3v) is 8.29. The van der Waals surface area contributed by atoms with Gasteiger partial charge in [-0.2, -0.15) is 0 Å². The molecule has 0 aliphatic rings. The second-order valence-electron chi connectivity index (χ2n) is 10.7. The van der Waals surface area contributed by atoms with Crippen molar-refractivity contribution < 1.29 is 0 Å². The molecule has 0 unspecified atom stereocenters. The van der Waals surface area contributed by atoms with Crippen LogP contribution in [0.25, 0.3) is 77.4 Å². The van der Waals surface area contributed by atoms with Crippen LogP contribution in [0.5, 0.6) is 0 Å². The van der Waals surface area contributed by atoms with Gasteiger partial charge < -0.3 is 9.13 Å². The van der Waals surface area contributed by atoms with Gasteiger partial charge >= 0.3 is 0 Å². The molecule has 4 heteroatoms. The van der Waals surface area contributed by atoms with E-state index in [0.29, 0.717) is 0 Å². The highest BCUT2D eigenvalue weighted by Crippen LogP contribution is 2.36. The summed E-state index contributed by atoms with van der Waals surface area (Å²) in [5.41, 5.74) is 12.7. The number of benzene rings is 5. The largest absolute Gasteiger partial charge is 0.308 e. The van der Waals surface area contributed by atoms with Crippen LogP contribution >= 0.6 is 0 Å². The average Bonchev–Trinajstić information content (AvgIpc) is 3.55. The second kappa shape index (κ2) is 8.88. The highest BCUT2D eigenvalue weighted by atomic mass is 15.0. The fourth-order valence-electron chi connectivity index (χ4n) is 6.38. The van der Waals surface area contributed by atoms with Gasteiger partial charge in [0.05, 0.1) is 44.1 Å². The first-order valence-corrected chi connectivity index (χ1v) is 14.2.